The van der Waals surface area contributed by atoms with Gasteiger partial charge in [0.15, 0.2) is 5.82 Å². The molecule has 0 saturated carbocycles. The molecule has 0 aliphatic carbocycles. The lowest BCUT2D eigenvalue weighted by atomic mass is 10.1. The quantitative estimate of drug-likeness (QED) is 0.650. The second-order valence-corrected chi connectivity index (χ2v) is 3.84. The molecule has 2 aromatic heterocycles. The fraction of sp³-hybridized carbons (Fsp3) is 0.167. The van der Waals surface area contributed by atoms with Crippen LogP contribution in [0.15, 0.2) is 24.5 Å². The molecular formula is C12H12N4. The summed E-state index contributed by atoms with van der Waals surface area (Å²) in [5.74, 6) is 0.499. The van der Waals surface area contributed by atoms with E-state index in [1.165, 1.54) is 11.9 Å². The lowest BCUT2D eigenvalue weighted by Crippen LogP contribution is -1.91. The maximum atomic E-state index is 5.81. The Kier molecular flexibility index (Phi) is 1.83. The number of benzene rings is 1. The van der Waals surface area contributed by atoms with Gasteiger partial charge in [-0.2, -0.15) is 0 Å². The minimum Gasteiger partial charge on any atom is -0.382 e. The van der Waals surface area contributed by atoms with Gasteiger partial charge in [-0.15, -0.1) is 0 Å². The Balaban J connectivity index is 2.47. The van der Waals surface area contributed by atoms with Crippen LogP contribution in [0, 0.1) is 0 Å². The highest BCUT2D eigenvalue weighted by atomic mass is 14.9. The van der Waals surface area contributed by atoms with E-state index in [4.69, 9.17) is 5.73 Å². The Bertz CT molecular complexity index is 669. The van der Waals surface area contributed by atoms with Gasteiger partial charge in [-0.1, -0.05) is 13.0 Å². The number of fused-ring (bicyclic) bond motifs is 3. The van der Waals surface area contributed by atoms with Gasteiger partial charge < -0.3 is 10.7 Å². The van der Waals surface area contributed by atoms with Crippen molar-refractivity contribution in [1.82, 2.24) is 15.0 Å². The van der Waals surface area contributed by atoms with Gasteiger partial charge in [-0.25, -0.2) is 9.97 Å². The third-order valence-electron chi connectivity index (χ3n) is 2.88. The van der Waals surface area contributed by atoms with Gasteiger partial charge in [0.05, 0.1) is 0 Å². The average molecular weight is 212 g/mol. The molecule has 0 aliphatic heterocycles. The lowest BCUT2D eigenvalue weighted by molar-refractivity contribution is 1.15. The number of nitrogens with zero attached hydrogens (tertiary/aromatic N) is 2. The van der Waals surface area contributed by atoms with Crippen molar-refractivity contribution in [1.29, 1.82) is 0 Å². The number of aryl methyl sites for hydroxylation is 1. The zero-order valence-corrected chi connectivity index (χ0v) is 8.99. The molecule has 3 rings (SSSR count). The Labute approximate surface area is 92.5 Å². The molecule has 0 aliphatic rings. The number of rotatable bonds is 1. The minimum absolute atomic E-state index is 0.499. The fourth-order valence-electron chi connectivity index (χ4n) is 1.98. The maximum absolute atomic E-state index is 5.81. The van der Waals surface area contributed by atoms with Crippen LogP contribution in [-0.2, 0) is 6.42 Å². The van der Waals surface area contributed by atoms with Crippen LogP contribution in [0.2, 0.25) is 0 Å². The number of nitrogens with one attached hydrogen (secondary N) is 1. The van der Waals surface area contributed by atoms with Crippen LogP contribution in [-0.4, -0.2) is 15.0 Å². The zero-order chi connectivity index (χ0) is 11.1. The number of H-pyrrole nitrogens is 1. The molecule has 2 heterocycles. The van der Waals surface area contributed by atoms with E-state index in [1.807, 2.05) is 0 Å². The molecule has 0 radical (unpaired) electrons. The van der Waals surface area contributed by atoms with Crippen molar-refractivity contribution in [3.63, 3.8) is 0 Å². The molecule has 80 valence electrons. The second kappa shape index (κ2) is 3.20. The van der Waals surface area contributed by atoms with Gasteiger partial charge in [0, 0.05) is 10.9 Å². The smallest absolute Gasteiger partial charge is 0.151 e. The van der Waals surface area contributed by atoms with Gasteiger partial charge >= 0.3 is 0 Å². The fourth-order valence-corrected chi connectivity index (χ4v) is 1.98. The second-order valence-electron chi connectivity index (χ2n) is 3.84. The largest absolute Gasteiger partial charge is 0.382 e. The molecule has 0 spiro atoms. The van der Waals surface area contributed by atoms with Crippen molar-refractivity contribution in [2.24, 2.45) is 0 Å². The van der Waals surface area contributed by atoms with Crippen molar-refractivity contribution in [2.75, 3.05) is 5.73 Å². The highest BCUT2D eigenvalue weighted by Gasteiger charge is 2.08. The van der Waals surface area contributed by atoms with Crippen molar-refractivity contribution < 1.29 is 0 Å². The Morgan fingerprint density at radius 1 is 1.31 bits per heavy atom. The summed E-state index contributed by atoms with van der Waals surface area (Å²) in [5, 5.41) is 1.11. The molecule has 16 heavy (non-hydrogen) atoms. The first-order chi connectivity index (χ1) is 7.79. The van der Waals surface area contributed by atoms with Crippen molar-refractivity contribution in [2.45, 2.75) is 13.3 Å². The minimum atomic E-state index is 0.499. The van der Waals surface area contributed by atoms with Crippen LogP contribution in [0.5, 0.6) is 0 Å². The van der Waals surface area contributed by atoms with E-state index in [9.17, 15) is 0 Å². The Morgan fingerprint density at radius 2 is 2.19 bits per heavy atom. The maximum Gasteiger partial charge on any atom is 0.151 e. The van der Waals surface area contributed by atoms with Crippen LogP contribution in [0.3, 0.4) is 0 Å². The van der Waals surface area contributed by atoms with Crippen LogP contribution in [0.4, 0.5) is 5.82 Å². The van der Waals surface area contributed by atoms with Crippen molar-refractivity contribution in [3.05, 3.63) is 30.1 Å². The highest BCUT2D eigenvalue weighted by Crippen LogP contribution is 2.26. The number of aromatic amines is 1. The molecule has 3 aromatic rings. The molecule has 0 saturated heterocycles. The van der Waals surface area contributed by atoms with Crippen LogP contribution in [0.25, 0.3) is 21.9 Å². The number of hydrogen-bond donors (Lipinski definition) is 2. The van der Waals surface area contributed by atoms with E-state index in [2.05, 4.69) is 40.1 Å². The number of anilines is 1. The molecule has 1 aromatic carbocycles. The first-order valence-corrected chi connectivity index (χ1v) is 5.30. The van der Waals surface area contributed by atoms with E-state index in [0.717, 1.165) is 28.4 Å². The number of nitrogen functional groups attached to an aromatic ring is 1. The molecular weight excluding hydrogens is 200 g/mol. The number of nitrogens with two attached hydrogens (primary N) is 1. The lowest BCUT2D eigenvalue weighted by Gasteiger charge is -1.96. The predicted octanol–water partition coefficient (Wildman–Crippen LogP) is 2.26. The molecule has 0 fully saturated rings. The van der Waals surface area contributed by atoms with E-state index < -0.39 is 0 Å². The van der Waals surface area contributed by atoms with E-state index in [1.54, 1.807) is 0 Å². The Hall–Kier alpha value is -2.10. The average Bonchev–Trinajstić information content (AvgIpc) is 2.68. The molecule has 4 nitrogen and oxygen atoms in total. The number of hydrogen-bond acceptors (Lipinski definition) is 3. The zero-order valence-electron chi connectivity index (χ0n) is 8.99. The van der Waals surface area contributed by atoms with E-state index >= 15 is 0 Å². The monoisotopic (exact) mass is 212 g/mol. The summed E-state index contributed by atoms with van der Waals surface area (Å²) >= 11 is 0. The Morgan fingerprint density at radius 3 is 3.00 bits per heavy atom. The summed E-state index contributed by atoms with van der Waals surface area (Å²) in [6, 6.07) is 6.33. The topological polar surface area (TPSA) is 67.6 Å². The van der Waals surface area contributed by atoms with Gasteiger partial charge in [-0.3, -0.25) is 0 Å². The summed E-state index contributed by atoms with van der Waals surface area (Å²) < 4.78 is 0. The highest BCUT2D eigenvalue weighted by molar-refractivity contribution is 6.07. The van der Waals surface area contributed by atoms with Crippen LogP contribution in [0.1, 0.15) is 12.5 Å². The molecule has 0 atom stereocenters. The van der Waals surface area contributed by atoms with Gasteiger partial charge in [0.25, 0.3) is 0 Å². The first kappa shape index (κ1) is 9.15. The predicted molar refractivity (Wildman–Crippen MR) is 65.2 cm³/mol. The summed E-state index contributed by atoms with van der Waals surface area (Å²) in [4.78, 5) is 11.5. The van der Waals surface area contributed by atoms with Gasteiger partial charge in [0.1, 0.15) is 17.4 Å². The summed E-state index contributed by atoms with van der Waals surface area (Å²) in [5.41, 5.74) is 9.89. The third kappa shape index (κ3) is 1.16. The standard InChI is InChI=1S/C12H12N4/c1-2-7-3-4-9-8(5-7)10-11(16-9)12(13)15-6-14-10/h3-6,16H,2H2,1H3,(H2,13,14,15). The van der Waals surface area contributed by atoms with Crippen molar-refractivity contribution in [3.8, 4) is 0 Å². The molecule has 0 bridgehead atoms. The number of aromatic nitrogens is 3. The molecule has 0 amide bonds. The molecule has 0 unspecified atom stereocenters. The van der Waals surface area contributed by atoms with Gasteiger partial charge in [0.2, 0.25) is 0 Å². The SMILES string of the molecule is CCc1ccc2[nH]c3c(N)ncnc3c2c1. The normalized spacial score (nSPS) is 11.3. The first-order valence-electron chi connectivity index (χ1n) is 5.30. The van der Waals surface area contributed by atoms with Crippen molar-refractivity contribution >= 4 is 27.8 Å². The van der Waals surface area contributed by atoms with Crippen LogP contribution >= 0.6 is 0 Å². The summed E-state index contributed by atoms with van der Waals surface area (Å²) in [7, 11) is 0. The van der Waals surface area contributed by atoms with Crippen LogP contribution < -0.4 is 5.73 Å². The summed E-state index contributed by atoms with van der Waals surface area (Å²) in [6.45, 7) is 2.14. The van der Waals surface area contributed by atoms with E-state index in [0.29, 0.717) is 5.82 Å². The molecule has 4 heteroatoms. The van der Waals surface area contributed by atoms with E-state index in [-0.39, 0.29) is 0 Å². The third-order valence-corrected chi connectivity index (χ3v) is 2.88. The summed E-state index contributed by atoms with van der Waals surface area (Å²) in [6.07, 6.45) is 2.52. The van der Waals surface area contributed by atoms with Gasteiger partial charge in [-0.05, 0) is 24.1 Å². The molecule has 3 N–H and O–H groups in total.